The Bertz CT molecular complexity index is 901. The number of amides is 1. The molecule has 0 aliphatic rings. The zero-order valence-corrected chi connectivity index (χ0v) is 15.8. The van der Waals surface area contributed by atoms with Crippen LogP contribution in [-0.4, -0.2) is 41.5 Å². The first-order valence-electron chi connectivity index (χ1n) is 8.79. The number of methoxy groups -OCH3 is 1. The van der Waals surface area contributed by atoms with E-state index < -0.39 is 0 Å². The number of hydrogen-bond donors (Lipinski definition) is 1. The van der Waals surface area contributed by atoms with E-state index in [2.05, 4.69) is 15.3 Å². The first-order valence-corrected chi connectivity index (χ1v) is 8.79. The molecule has 0 unspecified atom stereocenters. The minimum Gasteiger partial charge on any atom is -0.493 e. The van der Waals surface area contributed by atoms with Crippen molar-refractivity contribution in [2.24, 2.45) is 0 Å². The van der Waals surface area contributed by atoms with E-state index in [1.165, 1.54) is 0 Å². The van der Waals surface area contributed by atoms with Crippen LogP contribution in [0.25, 0.3) is 0 Å². The Hall–Kier alpha value is -3.45. The molecular formula is C21H22N4O3. The van der Waals surface area contributed by atoms with Gasteiger partial charge in [-0.3, -0.25) is 14.7 Å². The zero-order chi connectivity index (χ0) is 19.8. The van der Waals surface area contributed by atoms with Gasteiger partial charge in [0.1, 0.15) is 0 Å². The average Bonchev–Trinajstić information content (AvgIpc) is 2.70. The summed E-state index contributed by atoms with van der Waals surface area (Å²) in [4.78, 5) is 22.6. The van der Waals surface area contributed by atoms with E-state index in [4.69, 9.17) is 9.47 Å². The molecule has 7 heteroatoms. The molecule has 0 atom stereocenters. The van der Waals surface area contributed by atoms with Crippen LogP contribution in [0.1, 0.15) is 5.69 Å². The summed E-state index contributed by atoms with van der Waals surface area (Å²) in [5, 5.41) is 2.83. The highest BCUT2D eigenvalue weighted by Crippen LogP contribution is 2.30. The maximum absolute atomic E-state index is 12.2. The molecule has 1 aromatic carbocycles. The van der Waals surface area contributed by atoms with Crippen LogP contribution in [0.2, 0.25) is 0 Å². The molecule has 3 rings (SSSR count). The molecule has 0 aliphatic carbocycles. The van der Waals surface area contributed by atoms with Gasteiger partial charge in [-0.15, -0.1) is 0 Å². The van der Waals surface area contributed by atoms with Crippen LogP contribution in [0.3, 0.4) is 0 Å². The van der Waals surface area contributed by atoms with Crippen LogP contribution in [0.15, 0.2) is 67.0 Å². The highest BCUT2D eigenvalue weighted by molar-refractivity contribution is 5.92. The number of carbonyl (C=O) groups excluding carboxylic acids is 1. The van der Waals surface area contributed by atoms with Crippen LogP contribution >= 0.6 is 0 Å². The van der Waals surface area contributed by atoms with E-state index in [0.717, 1.165) is 5.69 Å². The number of carbonyl (C=O) groups is 1. The van der Waals surface area contributed by atoms with Crippen LogP contribution in [0, 0.1) is 0 Å². The SMILES string of the molecule is COc1ccccc1Oc1ccc(NC(=O)CN(C)Cc2ccccn2)cn1. The number of ether oxygens (including phenoxy) is 2. The quantitative estimate of drug-likeness (QED) is 0.648. The number of hydrogen-bond acceptors (Lipinski definition) is 6. The van der Waals surface area contributed by atoms with Gasteiger partial charge in [0, 0.05) is 18.8 Å². The minimum absolute atomic E-state index is 0.126. The zero-order valence-electron chi connectivity index (χ0n) is 15.8. The molecule has 1 N–H and O–H groups in total. The van der Waals surface area contributed by atoms with Gasteiger partial charge in [0.05, 0.1) is 31.2 Å². The summed E-state index contributed by atoms with van der Waals surface area (Å²) in [7, 11) is 3.45. The Morgan fingerprint density at radius 1 is 1.04 bits per heavy atom. The smallest absolute Gasteiger partial charge is 0.238 e. The molecule has 2 heterocycles. The third-order valence-corrected chi connectivity index (χ3v) is 3.88. The molecule has 0 aliphatic heterocycles. The highest BCUT2D eigenvalue weighted by Gasteiger charge is 2.09. The van der Waals surface area contributed by atoms with Gasteiger partial charge < -0.3 is 14.8 Å². The lowest BCUT2D eigenvalue weighted by molar-refractivity contribution is -0.117. The van der Waals surface area contributed by atoms with Gasteiger partial charge in [-0.1, -0.05) is 18.2 Å². The van der Waals surface area contributed by atoms with Crippen molar-refractivity contribution >= 4 is 11.6 Å². The third-order valence-electron chi connectivity index (χ3n) is 3.88. The molecule has 3 aromatic rings. The van der Waals surface area contributed by atoms with Crippen molar-refractivity contribution in [3.63, 3.8) is 0 Å². The summed E-state index contributed by atoms with van der Waals surface area (Å²) in [6.45, 7) is 0.842. The molecule has 28 heavy (non-hydrogen) atoms. The van der Waals surface area contributed by atoms with E-state index in [1.54, 1.807) is 37.7 Å². The van der Waals surface area contributed by atoms with Gasteiger partial charge in [0.2, 0.25) is 11.8 Å². The summed E-state index contributed by atoms with van der Waals surface area (Å²) in [5.41, 5.74) is 1.51. The lowest BCUT2D eigenvalue weighted by Crippen LogP contribution is -2.30. The molecule has 2 aromatic heterocycles. The Morgan fingerprint density at radius 3 is 2.50 bits per heavy atom. The van der Waals surface area contributed by atoms with E-state index in [9.17, 15) is 4.79 Å². The predicted molar refractivity (Wildman–Crippen MR) is 107 cm³/mol. The number of nitrogens with one attached hydrogen (secondary N) is 1. The molecule has 1 amide bonds. The van der Waals surface area contributed by atoms with Crippen molar-refractivity contribution in [1.82, 2.24) is 14.9 Å². The van der Waals surface area contributed by atoms with Gasteiger partial charge in [0.15, 0.2) is 11.5 Å². The van der Waals surface area contributed by atoms with E-state index in [1.807, 2.05) is 48.3 Å². The van der Waals surface area contributed by atoms with E-state index in [-0.39, 0.29) is 12.5 Å². The summed E-state index contributed by atoms with van der Waals surface area (Å²) < 4.78 is 11.0. The molecule has 0 bridgehead atoms. The molecule has 0 saturated carbocycles. The monoisotopic (exact) mass is 378 g/mol. The summed E-state index contributed by atoms with van der Waals surface area (Å²) in [6.07, 6.45) is 3.30. The van der Waals surface area contributed by atoms with Gasteiger partial charge in [-0.2, -0.15) is 0 Å². The first kappa shape index (κ1) is 19.3. The van der Waals surface area contributed by atoms with Crippen molar-refractivity contribution in [1.29, 1.82) is 0 Å². The second kappa shape index (κ2) is 9.48. The summed E-state index contributed by atoms with van der Waals surface area (Å²) >= 11 is 0. The van der Waals surface area contributed by atoms with Crippen molar-refractivity contribution in [3.05, 3.63) is 72.7 Å². The minimum atomic E-state index is -0.126. The molecule has 0 radical (unpaired) electrons. The van der Waals surface area contributed by atoms with Gasteiger partial charge >= 0.3 is 0 Å². The van der Waals surface area contributed by atoms with E-state index in [0.29, 0.717) is 29.6 Å². The standard InChI is InChI=1S/C21H22N4O3/c1-25(14-17-7-5-6-12-22-17)15-20(26)24-16-10-11-21(23-13-16)28-19-9-4-3-8-18(19)27-2/h3-13H,14-15H2,1-2H3,(H,24,26). The Labute approximate surface area is 164 Å². The number of nitrogens with zero attached hydrogens (tertiary/aromatic N) is 3. The molecule has 144 valence electrons. The normalized spacial score (nSPS) is 10.5. The maximum Gasteiger partial charge on any atom is 0.238 e. The topological polar surface area (TPSA) is 76.6 Å². The summed E-state index contributed by atoms with van der Waals surface area (Å²) in [5.74, 6) is 1.48. The number of anilines is 1. The second-order valence-corrected chi connectivity index (χ2v) is 6.18. The number of rotatable bonds is 8. The van der Waals surface area contributed by atoms with Crippen LogP contribution in [0.5, 0.6) is 17.4 Å². The maximum atomic E-state index is 12.2. The Kier molecular flexibility index (Phi) is 6.54. The van der Waals surface area contributed by atoms with Crippen LogP contribution in [0.4, 0.5) is 5.69 Å². The van der Waals surface area contributed by atoms with E-state index >= 15 is 0 Å². The lowest BCUT2D eigenvalue weighted by atomic mass is 10.3. The second-order valence-electron chi connectivity index (χ2n) is 6.18. The van der Waals surface area contributed by atoms with Crippen molar-refractivity contribution in [3.8, 4) is 17.4 Å². The molecule has 0 spiro atoms. The fourth-order valence-electron chi connectivity index (χ4n) is 2.60. The lowest BCUT2D eigenvalue weighted by Gasteiger charge is -2.15. The van der Waals surface area contributed by atoms with Gasteiger partial charge in [-0.05, 0) is 37.4 Å². The van der Waals surface area contributed by atoms with Crippen molar-refractivity contribution in [2.75, 3.05) is 26.0 Å². The largest absolute Gasteiger partial charge is 0.493 e. The Morgan fingerprint density at radius 2 is 1.82 bits per heavy atom. The number of benzene rings is 1. The molecule has 0 saturated heterocycles. The fraction of sp³-hybridized carbons (Fsp3) is 0.190. The molecule has 0 fully saturated rings. The number of pyridine rings is 2. The summed E-state index contributed by atoms with van der Waals surface area (Å²) in [6, 6.07) is 16.5. The number of likely N-dealkylation sites (N-methyl/N-ethyl adjacent to an activating group) is 1. The Balaban J connectivity index is 1.53. The fourth-order valence-corrected chi connectivity index (χ4v) is 2.60. The highest BCUT2D eigenvalue weighted by atomic mass is 16.5. The predicted octanol–water partition coefficient (Wildman–Crippen LogP) is 3.35. The van der Waals surface area contributed by atoms with Crippen LogP contribution < -0.4 is 14.8 Å². The van der Waals surface area contributed by atoms with Gasteiger partial charge in [0.25, 0.3) is 0 Å². The third kappa shape index (κ3) is 5.52. The first-order chi connectivity index (χ1) is 13.6. The van der Waals surface area contributed by atoms with Gasteiger partial charge in [-0.25, -0.2) is 4.98 Å². The van der Waals surface area contributed by atoms with Crippen molar-refractivity contribution < 1.29 is 14.3 Å². The average molecular weight is 378 g/mol. The number of aromatic nitrogens is 2. The number of para-hydroxylation sites is 2. The van der Waals surface area contributed by atoms with Crippen LogP contribution in [-0.2, 0) is 11.3 Å². The van der Waals surface area contributed by atoms with Crippen molar-refractivity contribution in [2.45, 2.75) is 6.54 Å². The molecular weight excluding hydrogens is 356 g/mol. The molecule has 7 nitrogen and oxygen atoms in total.